The fourth-order valence-corrected chi connectivity index (χ4v) is 2.90. The number of nitrogens with one attached hydrogen (secondary N) is 3. The van der Waals surface area contributed by atoms with E-state index in [4.69, 9.17) is 15.3 Å². The van der Waals surface area contributed by atoms with Gasteiger partial charge in [-0.3, -0.25) is 33.8 Å². The maximum absolute atomic E-state index is 12.1. The topological polar surface area (TPSA) is 270 Å². The van der Waals surface area contributed by atoms with Gasteiger partial charge in [0.2, 0.25) is 11.8 Å². The van der Waals surface area contributed by atoms with Crippen LogP contribution in [0.5, 0.6) is 0 Å². The number of carbonyl (C=O) groups is 5. The van der Waals surface area contributed by atoms with Crippen LogP contribution in [0.4, 0.5) is 0 Å². The highest BCUT2D eigenvalue weighted by molar-refractivity contribution is 5.79. The Morgan fingerprint density at radius 3 is 1.33 bits per heavy atom. The number of carbonyl (C=O) groups excluding carboxylic acids is 2. The van der Waals surface area contributed by atoms with E-state index in [0.29, 0.717) is 0 Å². The van der Waals surface area contributed by atoms with Crippen molar-refractivity contribution in [2.24, 2.45) is 0 Å². The van der Waals surface area contributed by atoms with Crippen LogP contribution in [0, 0.1) is 0 Å². The van der Waals surface area contributed by atoms with E-state index in [9.17, 15) is 44.4 Å². The number of hydrogen-bond donors (Lipinski definition) is 10. The van der Waals surface area contributed by atoms with Gasteiger partial charge in [-0.2, -0.15) is 0 Å². The van der Waals surface area contributed by atoms with Gasteiger partial charge in [0.25, 0.3) is 0 Å². The summed E-state index contributed by atoms with van der Waals surface area (Å²) in [6.45, 7) is -5.09. The number of aliphatic hydroxyl groups is 4. The molecule has 0 bridgehead atoms. The molecule has 0 aliphatic carbocycles. The second-order valence-corrected chi connectivity index (χ2v) is 7.88. The van der Waals surface area contributed by atoms with Gasteiger partial charge >= 0.3 is 17.9 Å². The van der Waals surface area contributed by atoms with Crippen molar-refractivity contribution in [2.45, 2.75) is 18.2 Å². The predicted molar refractivity (Wildman–Crippen MR) is 120 cm³/mol. The molecule has 17 nitrogen and oxygen atoms in total. The third-order valence-corrected chi connectivity index (χ3v) is 4.44. The predicted octanol–water partition coefficient (Wildman–Crippen LogP) is -6.26. The zero-order valence-corrected chi connectivity index (χ0v) is 19.6. The van der Waals surface area contributed by atoms with Crippen LogP contribution in [0.3, 0.4) is 0 Å². The molecule has 0 heterocycles. The molecule has 0 aromatic rings. The van der Waals surface area contributed by atoms with Crippen LogP contribution in [0.2, 0.25) is 0 Å². The summed E-state index contributed by atoms with van der Waals surface area (Å²) in [6.07, 6.45) is -2.44. The van der Waals surface area contributed by atoms with Gasteiger partial charge in [0.15, 0.2) is 0 Å². The highest BCUT2D eigenvalue weighted by atomic mass is 16.4. The summed E-state index contributed by atoms with van der Waals surface area (Å²) in [5.41, 5.74) is 0. The van der Waals surface area contributed by atoms with Crippen molar-refractivity contribution in [1.29, 1.82) is 0 Å². The molecule has 36 heavy (non-hydrogen) atoms. The average Bonchev–Trinajstić information content (AvgIpc) is 2.78. The summed E-state index contributed by atoms with van der Waals surface area (Å²) in [6, 6.07) is -0.911. The molecule has 0 saturated carbocycles. The van der Waals surface area contributed by atoms with E-state index in [-0.39, 0.29) is 26.2 Å². The third kappa shape index (κ3) is 17.5. The number of hydrogen-bond acceptors (Lipinski definition) is 12. The summed E-state index contributed by atoms with van der Waals surface area (Å²) in [5.74, 6) is -5.25. The molecule has 208 valence electrons. The van der Waals surface area contributed by atoms with Crippen molar-refractivity contribution >= 4 is 29.7 Å². The largest absolute Gasteiger partial charge is 0.480 e. The molecule has 2 atom stereocenters. The highest BCUT2D eigenvalue weighted by Gasteiger charge is 2.24. The molecule has 0 radical (unpaired) electrons. The first-order valence-corrected chi connectivity index (χ1v) is 10.8. The van der Waals surface area contributed by atoms with E-state index in [2.05, 4.69) is 16.0 Å². The summed E-state index contributed by atoms with van der Waals surface area (Å²) < 4.78 is 0. The molecule has 2 unspecified atom stereocenters. The monoisotopic (exact) mass is 525 g/mol. The summed E-state index contributed by atoms with van der Waals surface area (Å²) >= 11 is 0. The fraction of sp³-hybridized carbons (Fsp3) is 0.737. The molecule has 0 rings (SSSR count). The third-order valence-electron chi connectivity index (χ3n) is 4.44. The van der Waals surface area contributed by atoms with Crippen molar-refractivity contribution in [3.63, 3.8) is 0 Å². The molecule has 0 aromatic carbocycles. The minimum absolute atomic E-state index is 0.240. The molecule has 0 saturated heterocycles. The van der Waals surface area contributed by atoms with E-state index in [1.807, 2.05) is 0 Å². The van der Waals surface area contributed by atoms with Crippen LogP contribution >= 0.6 is 0 Å². The van der Waals surface area contributed by atoms with Gasteiger partial charge in [-0.1, -0.05) is 0 Å². The minimum atomic E-state index is -1.31. The first-order valence-electron chi connectivity index (χ1n) is 10.8. The van der Waals surface area contributed by atoms with Crippen LogP contribution in [0.1, 0.15) is 0 Å². The zero-order chi connectivity index (χ0) is 27.7. The van der Waals surface area contributed by atoms with Gasteiger partial charge < -0.3 is 51.7 Å². The lowest BCUT2D eigenvalue weighted by Crippen LogP contribution is -2.54. The molecule has 0 spiro atoms. The molecular formula is C19H35N5O12. The first kappa shape index (κ1) is 33.1. The number of nitrogens with zero attached hydrogens (tertiary/aromatic N) is 2. The van der Waals surface area contributed by atoms with E-state index < -0.39 is 93.9 Å². The molecule has 0 aromatic heterocycles. The molecule has 0 aliphatic rings. The Morgan fingerprint density at radius 1 is 0.639 bits per heavy atom. The van der Waals surface area contributed by atoms with Gasteiger partial charge in [-0.25, -0.2) is 0 Å². The SMILES string of the molecule is O=C(O)CNC(CN(CC(=O)O)CC(=O)NCC(O)CO)CN(CC(=O)O)CC(=O)NCC(O)CO. The van der Waals surface area contributed by atoms with Crippen molar-refractivity contribution in [3.8, 4) is 0 Å². The van der Waals surface area contributed by atoms with Crippen molar-refractivity contribution < 1.29 is 59.7 Å². The Morgan fingerprint density at radius 2 is 1.03 bits per heavy atom. The Balaban J connectivity index is 5.44. The number of rotatable bonds is 21. The quantitative estimate of drug-likeness (QED) is 0.0667. The van der Waals surface area contributed by atoms with E-state index >= 15 is 0 Å². The van der Waals surface area contributed by atoms with Crippen LogP contribution in [-0.4, -0.2) is 166 Å². The maximum atomic E-state index is 12.1. The molecule has 17 heteroatoms. The second-order valence-electron chi connectivity index (χ2n) is 7.88. The Bertz CT molecular complexity index is 675. The molecule has 0 fully saturated rings. The number of carboxylic acid groups (broad SMARTS) is 3. The molecule has 10 N–H and O–H groups in total. The fourth-order valence-electron chi connectivity index (χ4n) is 2.90. The lowest BCUT2D eigenvalue weighted by atomic mass is 10.2. The maximum Gasteiger partial charge on any atom is 0.317 e. The number of amides is 2. The number of carboxylic acids is 3. The average molecular weight is 526 g/mol. The summed E-state index contributed by atoms with van der Waals surface area (Å²) in [5, 5.41) is 70.9. The lowest BCUT2D eigenvalue weighted by Gasteiger charge is -2.30. The highest BCUT2D eigenvalue weighted by Crippen LogP contribution is 2.00. The van der Waals surface area contributed by atoms with Crippen LogP contribution in [0.25, 0.3) is 0 Å². The molecule has 0 aliphatic heterocycles. The van der Waals surface area contributed by atoms with E-state index in [1.54, 1.807) is 0 Å². The van der Waals surface area contributed by atoms with Crippen molar-refractivity contribution in [3.05, 3.63) is 0 Å². The van der Waals surface area contributed by atoms with Gasteiger partial charge in [0.05, 0.1) is 58.1 Å². The normalized spacial score (nSPS) is 13.7. The lowest BCUT2D eigenvalue weighted by molar-refractivity contribution is -0.139. The van der Waals surface area contributed by atoms with Gasteiger partial charge in [-0.15, -0.1) is 0 Å². The Hall–Kier alpha value is -2.93. The van der Waals surface area contributed by atoms with Crippen LogP contribution in [0.15, 0.2) is 0 Å². The van der Waals surface area contributed by atoms with E-state index in [1.165, 1.54) is 0 Å². The number of aliphatic hydroxyl groups excluding tert-OH is 4. The van der Waals surface area contributed by atoms with E-state index in [0.717, 1.165) is 9.80 Å². The molecule has 2 amide bonds. The van der Waals surface area contributed by atoms with Crippen LogP contribution in [-0.2, 0) is 24.0 Å². The molecular weight excluding hydrogens is 490 g/mol. The standard InChI is InChI=1S/C19H35N5O12/c25-10-13(27)1-21-15(29)6-23(8-18(33)34)4-12(20-3-17(31)32)5-24(9-19(35)36)7-16(30)22-2-14(28)11-26/h12-14,20,25-28H,1-11H2,(H,21,29)(H,22,30)(H,31,32)(H,33,34)(H,35,36). The van der Waals surface area contributed by atoms with Gasteiger partial charge in [0, 0.05) is 32.2 Å². The Labute approximate surface area is 206 Å². The zero-order valence-electron chi connectivity index (χ0n) is 19.6. The van der Waals surface area contributed by atoms with Crippen molar-refractivity contribution in [1.82, 2.24) is 25.8 Å². The van der Waals surface area contributed by atoms with Gasteiger partial charge in [0.1, 0.15) is 0 Å². The smallest absolute Gasteiger partial charge is 0.317 e. The first-order chi connectivity index (χ1) is 16.9. The second kappa shape index (κ2) is 18.4. The minimum Gasteiger partial charge on any atom is -0.480 e. The summed E-state index contributed by atoms with van der Waals surface area (Å²) in [7, 11) is 0. The van der Waals surface area contributed by atoms with Crippen LogP contribution < -0.4 is 16.0 Å². The van der Waals surface area contributed by atoms with Gasteiger partial charge in [-0.05, 0) is 0 Å². The summed E-state index contributed by atoms with van der Waals surface area (Å²) in [4.78, 5) is 60.1. The number of aliphatic carboxylic acids is 3. The van der Waals surface area contributed by atoms with Crippen molar-refractivity contribution in [2.75, 3.05) is 72.1 Å². The Kier molecular flexibility index (Phi) is 16.9.